The van der Waals surface area contributed by atoms with Crippen molar-refractivity contribution < 1.29 is 9.53 Å². The molecule has 0 aliphatic carbocycles. The molecular weight excluding hydrogens is 310 g/mol. The number of ether oxygens (including phenoxy) is 1. The van der Waals surface area contributed by atoms with E-state index in [-0.39, 0.29) is 11.9 Å². The van der Waals surface area contributed by atoms with Gasteiger partial charge in [0.2, 0.25) is 0 Å². The minimum Gasteiger partial charge on any atom is -0.481 e. The molecule has 2 rings (SSSR count). The van der Waals surface area contributed by atoms with Gasteiger partial charge in [0.25, 0.3) is 5.91 Å². The highest BCUT2D eigenvalue weighted by Gasteiger charge is 2.20. The monoisotopic (exact) mass is 339 g/mol. The summed E-state index contributed by atoms with van der Waals surface area (Å²) in [6, 6.07) is 14.1. The highest BCUT2D eigenvalue weighted by molar-refractivity contribution is 5.81. The Labute approximate surface area is 151 Å². The van der Waals surface area contributed by atoms with Gasteiger partial charge in [-0.15, -0.1) is 0 Å². The summed E-state index contributed by atoms with van der Waals surface area (Å²) in [4.78, 5) is 12.6. The SMILES string of the molecule is Cc1ccc(C)c([C@@H](C)NC(=O)[C@H](C)Oc2ccccc2C(C)C)c1. The first-order valence-corrected chi connectivity index (χ1v) is 8.92. The van der Waals surface area contributed by atoms with Crippen molar-refractivity contribution in [3.05, 3.63) is 64.7 Å². The molecule has 0 unspecified atom stereocenters. The summed E-state index contributed by atoms with van der Waals surface area (Å²) in [7, 11) is 0. The molecule has 3 heteroatoms. The molecular formula is C22H29NO2. The molecule has 2 aromatic rings. The maximum atomic E-state index is 12.6. The second-order valence-electron chi connectivity index (χ2n) is 7.04. The van der Waals surface area contributed by atoms with E-state index in [0.717, 1.165) is 16.9 Å². The molecule has 0 heterocycles. The fourth-order valence-corrected chi connectivity index (χ4v) is 2.94. The predicted octanol–water partition coefficient (Wildman–Crippen LogP) is 5.07. The maximum absolute atomic E-state index is 12.6. The van der Waals surface area contributed by atoms with Gasteiger partial charge in [0, 0.05) is 0 Å². The number of amides is 1. The van der Waals surface area contributed by atoms with Crippen LogP contribution < -0.4 is 10.1 Å². The molecule has 2 aromatic carbocycles. The Balaban J connectivity index is 2.07. The Morgan fingerprint density at radius 2 is 1.64 bits per heavy atom. The summed E-state index contributed by atoms with van der Waals surface area (Å²) in [5.41, 5.74) is 4.63. The third kappa shape index (κ3) is 4.85. The first-order valence-electron chi connectivity index (χ1n) is 8.92. The van der Waals surface area contributed by atoms with Gasteiger partial charge in [-0.3, -0.25) is 4.79 Å². The quantitative estimate of drug-likeness (QED) is 0.798. The van der Waals surface area contributed by atoms with Gasteiger partial charge in [0.1, 0.15) is 5.75 Å². The van der Waals surface area contributed by atoms with Crippen LogP contribution in [0, 0.1) is 13.8 Å². The predicted molar refractivity (Wildman–Crippen MR) is 103 cm³/mol. The summed E-state index contributed by atoms with van der Waals surface area (Å²) in [5, 5.41) is 3.07. The maximum Gasteiger partial charge on any atom is 0.261 e. The number of hydrogen-bond acceptors (Lipinski definition) is 2. The van der Waals surface area contributed by atoms with Gasteiger partial charge in [0.05, 0.1) is 6.04 Å². The van der Waals surface area contributed by atoms with Crippen LogP contribution in [0.25, 0.3) is 0 Å². The molecule has 0 aliphatic heterocycles. The van der Waals surface area contributed by atoms with Crippen molar-refractivity contribution in [2.75, 3.05) is 0 Å². The van der Waals surface area contributed by atoms with Crippen molar-refractivity contribution in [3.8, 4) is 5.75 Å². The van der Waals surface area contributed by atoms with Crippen molar-refractivity contribution in [2.24, 2.45) is 0 Å². The van der Waals surface area contributed by atoms with Crippen LogP contribution in [0.5, 0.6) is 5.75 Å². The van der Waals surface area contributed by atoms with Gasteiger partial charge >= 0.3 is 0 Å². The molecule has 0 fully saturated rings. The lowest BCUT2D eigenvalue weighted by Crippen LogP contribution is -2.38. The summed E-state index contributed by atoms with van der Waals surface area (Å²) < 4.78 is 5.95. The van der Waals surface area contributed by atoms with Crippen LogP contribution in [0.4, 0.5) is 0 Å². The summed E-state index contributed by atoms with van der Waals surface area (Å²) in [6.07, 6.45) is -0.549. The number of hydrogen-bond donors (Lipinski definition) is 1. The first kappa shape index (κ1) is 19.0. The molecule has 1 amide bonds. The molecule has 2 atom stereocenters. The fraction of sp³-hybridized carbons (Fsp3) is 0.409. The third-order valence-corrected chi connectivity index (χ3v) is 4.47. The van der Waals surface area contributed by atoms with Crippen LogP contribution in [-0.2, 0) is 4.79 Å². The van der Waals surface area contributed by atoms with Crippen LogP contribution in [0.1, 0.15) is 61.9 Å². The second kappa shape index (κ2) is 8.19. The zero-order valence-corrected chi connectivity index (χ0v) is 16.1. The van der Waals surface area contributed by atoms with E-state index in [1.54, 1.807) is 6.92 Å². The normalized spacial score (nSPS) is 13.4. The molecule has 0 radical (unpaired) electrons. The molecule has 25 heavy (non-hydrogen) atoms. The molecule has 0 saturated heterocycles. The van der Waals surface area contributed by atoms with Gasteiger partial charge in [-0.2, -0.15) is 0 Å². The number of benzene rings is 2. The van der Waals surface area contributed by atoms with Crippen LogP contribution in [-0.4, -0.2) is 12.0 Å². The Morgan fingerprint density at radius 3 is 2.32 bits per heavy atom. The minimum absolute atomic E-state index is 0.0567. The molecule has 0 spiro atoms. The number of aryl methyl sites for hydroxylation is 2. The summed E-state index contributed by atoms with van der Waals surface area (Å²) >= 11 is 0. The molecule has 0 aromatic heterocycles. The van der Waals surface area contributed by atoms with Crippen molar-refractivity contribution in [3.63, 3.8) is 0 Å². The second-order valence-corrected chi connectivity index (χ2v) is 7.04. The topological polar surface area (TPSA) is 38.3 Å². The number of nitrogens with one attached hydrogen (secondary N) is 1. The van der Waals surface area contributed by atoms with Crippen LogP contribution >= 0.6 is 0 Å². The van der Waals surface area contributed by atoms with E-state index in [1.807, 2.05) is 31.2 Å². The van der Waals surface area contributed by atoms with Gasteiger partial charge in [-0.25, -0.2) is 0 Å². The highest BCUT2D eigenvalue weighted by atomic mass is 16.5. The van der Waals surface area contributed by atoms with Gasteiger partial charge in [0.15, 0.2) is 6.10 Å². The zero-order chi connectivity index (χ0) is 18.6. The van der Waals surface area contributed by atoms with Gasteiger partial charge in [-0.1, -0.05) is 55.8 Å². The molecule has 0 bridgehead atoms. The largest absolute Gasteiger partial charge is 0.481 e. The Hall–Kier alpha value is -2.29. The van der Waals surface area contributed by atoms with Crippen molar-refractivity contribution in [1.29, 1.82) is 0 Å². The number of rotatable bonds is 6. The van der Waals surface area contributed by atoms with Crippen molar-refractivity contribution >= 4 is 5.91 Å². The smallest absolute Gasteiger partial charge is 0.261 e. The Bertz CT molecular complexity index is 737. The van der Waals surface area contributed by atoms with Gasteiger partial charge in [-0.05, 0) is 56.4 Å². The summed E-state index contributed by atoms with van der Waals surface area (Å²) in [6.45, 7) is 12.2. The summed E-state index contributed by atoms with van der Waals surface area (Å²) in [5.74, 6) is 1.02. The van der Waals surface area contributed by atoms with Crippen molar-refractivity contribution in [2.45, 2.75) is 59.6 Å². The van der Waals surface area contributed by atoms with E-state index < -0.39 is 6.10 Å². The molecule has 134 valence electrons. The minimum atomic E-state index is -0.549. The number of para-hydroxylation sites is 1. The van der Waals surface area contributed by atoms with Crippen LogP contribution in [0.2, 0.25) is 0 Å². The fourth-order valence-electron chi connectivity index (χ4n) is 2.94. The standard InChI is InChI=1S/C22H29NO2/c1-14(2)19-9-7-8-10-21(19)25-18(6)22(24)23-17(5)20-13-15(3)11-12-16(20)4/h7-14,17-18H,1-6H3,(H,23,24)/t17-,18+/m1/s1. The van der Waals surface area contributed by atoms with Crippen LogP contribution in [0.15, 0.2) is 42.5 Å². The average Bonchev–Trinajstić information content (AvgIpc) is 2.57. The van der Waals surface area contributed by atoms with E-state index in [1.165, 1.54) is 11.1 Å². The zero-order valence-electron chi connectivity index (χ0n) is 16.1. The lowest BCUT2D eigenvalue weighted by Gasteiger charge is -2.22. The molecule has 0 aliphatic rings. The molecule has 3 nitrogen and oxygen atoms in total. The van der Waals surface area contributed by atoms with Crippen molar-refractivity contribution in [1.82, 2.24) is 5.32 Å². The highest BCUT2D eigenvalue weighted by Crippen LogP contribution is 2.27. The lowest BCUT2D eigenvalue weighted by atomic mass is 10.00. The van der Waals surface area contributed by atoms with E-state index >= 15 is 0 Å². The van der Waals surface area contributed by atoms with E-state index in [4.69, 9.17) is 4.74 Å². The first-order chi connectivity index (χ1) is 11.8. The molecule has 1 N–H and O–H groups in total. The average molecular weight is 339 g/mol. The Kier molecular flexibility index (Phi) is 6.24. The van der Waals surface area contributed by atoms with E-state index in [2.05, 4.69) is 51.2 Å². The molecule has 0 saturated carbocycles. The lowest BCUT2D eigenvalue weighted by molar-refractivity contribution is -0.127. The third-order valence-electron chi connectivity index (χ3n) is 4.47. The van der Waals surface area contributed by atoms with E-state index in [9.17, 15) is 4.79 Å². The van der Waals surface area contributed by atoms with E-state index in [0.29, 0.717) is 5.92 Å². The number of carbonyl (C=O) groups is 1. The van der Waals surface area contributed by atoms with Gasteiger partial charge < -0.3 is 10.1 Å². The number of carbonyl (C=O) groups excluding carboxylic acids is 1. The Morgan fingerprint density at radius 1 is 0.960 bits per heavy atom. The van der Waals surface area contributed by atoms with Crippen LogP contribution in [0.3, 0.4) is 0 Å².